The molecular formula is C11H13FN4O2S. The van der Waals surface area contributed by atoms with Crippen LogP contribution in [0.4, 0.5) is 10.1 Å². The van der Waals surface area contributed by atoms with Crippen molar-refractivity contribution < 1.29 is 12.8 Å². The predicted molar refractivity (Wildman–Crippen MR) is 68.1 cm³/mol. The molecule has 0 radical (unpaired) electrons. The summed E-state index contributed by atoms with van der Waals surface area (Å²) in [6.45, 7) is 0.134. The molecule has 19 heavy (non-hydrogen) atoms. The van der Waals surface area contributed by atoms with Crippen LogP contribution < -0.4 is 5.73 Å². The summed E-state index contributed by atoms with van der Waals surface area (Å²) in [5, 5.41) is 6.32. The van der Waals surface area contributed by atoms with E-state index in [9.17, 15) is 12.8 Å². The van der Waals surface area contributed by atoms with Crippen molar-refractivity contribution >= 4 is 15.7 Å². The van der Waals surface area contributed by atoms with Crippen LogP contribution in [0.25, 0.3) is 0 Å². The molecule has 0 aliphatic carbocycles. The Morgan fingerprint density at radius 3 is 2.74 bits per heavy atom. The van der Waals surface area contributed by atoms with Gasteiger partial charge in [0.05, 0.1) is 11.1 Å². The normalized spacial score (nSPS) is 11.9. The van der Waals surface area contributed by atoms with Crippen LogP contribution in [0.5, 0.6) is 0 Å². The molecule has 0 fully saturated rings. The Bertz CT molecular complexity index is 650. The first-order chi connectivity index (χ1) is 8.89. The number of aromatic amines is 1. The fourth-order valence-corrected chi connectivity index (χ4v) is 2.84. The van der Waals surface area contributed by atoms with E-state index in [0.717, 1.165) is 16.4 Å². The van der Waals surface area contributed by atoms with Gasteiger partial charge in [0.2, 0.25) is 10.0 Å². The maximum Gasteiger partial charge on any atom is 0.243 e. The summed E-state index contributed by atoms with van der Waals surface area (Å²) in [5.74, 6) is -0.685. The Labute approximate surface area is 110 Å². The Morgan fingerprint density at radius 2 is 2.16 bits per heavy atom. The highest BCUT2D eigenvalue weighted by Gasteiger charge is 2.22. The minimum atomic E-state index is -3.79. The third-order valence-electron chi connectivity index (χ3n) is 2.56. The molecule has 0 saturated carbocycles. The number of nitrogen functional groups attached to an aromatic ring is 1. The van der Waals surface area contributed by atoms with Gasteiger partial charge < -0.3 is 5.73 Å². The van der Waals surface area contributed by atoms with Gasteiger partial charge >= 0.3 is 0 Å². The third-order valence-corrected chi connectivity index (χ3v) is 4.34. The average Bonchev–Trinajstić information content (AvgIpc) is 2.80. The molecule has 2 rings (SSSR count). The van der Waals surface area contributed by atoms with Crippen LogP contribution in [0.2, 0.25) is 0 Å². The number of aromatic nitrogens is 2. The van der Waals surface area contributed by atoms with Gasteiger partial charge in [-0.1, -0.05) is 0 Å². The van der Waals surface area contributed by atoms with Gasteiger partial charge in [0.1, 0.15) is 5.82 Å². The van der Waals surface area contributed by atoms with E-state index in [1.807, 2.05) is 0 Å². The van der Waals surface area contributed by atoms with Crippen molar-refractivity contribution in [3.63, 3.8) is 0 Å². The zero-order valence-corrected chi connectivity index (χ0v) is 11.0. The van der Waals surface area contributed by atoms with Crippen LogP contribution in [0, 0.1) is 5.82 Å². The van der Waals surface area contributed by atoms with Crippen LogP contribution in [-0.4, -0.2) is 30.0 Å². The lowest BCUT2D eigenvalue weighted by Gasteiger charge is -2.16. The SMILES string of the molecule is CN(Cc1cn[nH]c1)S(=O)(=O)c1cc(N)cc(F)c1. The molecule has 102 valence electrons. The first kappa shape index (κ1) is 13.5. The molecule has 0 aliphatic rings. The zero-order valence-electron chi connectivity index (χ0n) is 10.2. The van der Waals surface area contributed by atoms with Crippen LogP contribution >= 0.6 is 0 Å². The lowest BCUT2D eigenvalue weighted by Crippen LogP contribution is -2.26. The van der Waals surface area contributed by atoms with Gasteiger partial charge in [-0.05, 0) is 18.2 Å². The summed E-state index contributed by atoms with van der Waals surface area (Å²) in [4.78, 5) is -0.170. The van der Waals surface area contributed by atoms with E-state index in [-0.39, 0.29) is 17.1 Å². The molecule has 0 amide bonds. The van der Waals surface area contributed by atoms with Crippen molar-refractivity contribution in [2.45, 2.75) is 11.4 Å². The number of benzene rings is 1. The third kappa shape index (κ3) is 2.91. The maximum absolute atomic E-state index is 13.2. The molecular weight excluding hydrogens is 271 g/mol. The fourth-order valence-electron chi connectivity index (χ4n) is 1.62. The Balaban J connectivity index is 2.31. The number of nitrogens with two attached hydrogens (primary N) is 1. The summed E-state index contributed by atoms with van der Waals surface area (Å²) >= 11 is 0. The largest absolute Gasteiger partial charge is 0.399 e. The minimum Gasteiger partial charge on any atom is -0.399 e. The lowest BCUT2D eigenvalue weighted by molar-refractivity contribution is 0.466. The Morgan fingerprint density at radius 1 is 1.42 bits per heavy atom. The Hall–Kier alpha value is -1.93. The number of halogens is 1. The van der Waals surface area contributed by atoms with Crippen molar-refractivity contribution in [2.24, 2.45) is 0 Å². The van der Waals surface area contributed by atoms with Gasteiger partial charge in [0.15, 0.2) is 0 Å². The number of sulfonamides is 1. The number of hydrogen-bond donors (Lipinski definition) is 2. The first-order valence-corrected chi connectivity index (χ1v) is 6.83. The smallest absolute Gasteiger partial charge is 0.243 e. The molecule has 1 aromatic carbocycles. The molecule has 1 heterocycles. The standard InChI is InChI=1S/C11H13FN4O2S/c1-16(7-8-5-14-15-6-8)19(17,18)11-3-9(12)2-10(13)4-11/h2-6H,7,13H2,1H3,(H,14,15). The summed E-state index contributed by atoms with van der Waals surface area (Å²) < 4.78 is 38.8. The topological polar surface area (TPSA) is 92.1 Å². The fraction of sp³-hybridized carbons (Fsp3) is 0.182. The maximum atomic E-state index is 13.2. The van der Waals surface area contributed by atoms with Crippen molar-refractivity contribution in [1.29, 1.82) is 0 Å². The number of rotatable bonds is 4. The molecule has 0 unspecified atom stereocenters. The summed E-state index contributed by atoms with van der Waals surface area (Å²) in [6.07, 6.45) is 3.11. The van der Waals surface area contributed by atoms with Crippen molar-refractivity contribution in [3.8, 4) is 0 Å². The van der Waals surface area contributed by atoms with Gasteiger partial charge in [-0.2, -0.15) is 9.40 Å². The van der Waals surface area contributed by atoms with E-state index in [1.54, 1.807) is 6.20 Å². The van der Waals surface area contributed by atoms with E-state index in [2.05, 4.69) is 10.2 Å². The highest BCUT2D eigenvalue weighted by molar-refractivity contribution is 7.89. The Kier molecular flexibility index (Phi) is 3.54. The van der Waals surface area contributed by atoms with E-state index in [0.29, 0.717) is 5.56 Å². The van der Waals surface area contributed by atoms with E-state index >= 15 is 0 Å². The molecule has 0 spiro atoms. The number of hydrogen-bond acceptors (Lipinski definition) is 4. The summed E-state index contributed by atoms with van der Waals surface area (Å²) in [6, 6.07) is 3.23. The summed E-state index contributed by atoms with van der Waals surface area (Å²) in [5.41, 5.74) is 6.22. The number of nitrogens with one attached hydrogen (secondary N) is 1. The second-order valence-electron chi connectivity index (χ2n) is 4.09. The monoisotopic (exact) mass is 284 g/mol. The lowest BCUT2D eigenvalue weighted by atomic mass is 10.3. The van der Waals surface area contributed by atoms with Gasteiger partial charge in [-0.15, -0.1) is 0 Å². The van der Waals surface area contributed by atoms with Gasteiger partial charge in [0.25, 0.3) is 0 Å². The van der Waals surface area contributed by atoms with Crippen LogP contribution in [0.3, 0.4) is 0 Å². The average molecular weight is 284 g/mol. The van der Waals surface area contributed by atoms with Gasteiger partial charge in [0, 0.05) is 31.0 Å². The molecule has 6 nitrogen and oxygen atoms in total. The van der Waals surface area contributed by atoms with Crippen molar-refractivity contribution in [3.05, 3.63) is 42.0 Å². The molecule has 3 N–H and O–H groups in total. The zero-order chi connectivity index (χ0) is 14.0. The molecule has 0 saturated heterocycles. The van der Waals surface area contributed by atoms with Crippen LogP contribution in [-0.2, 0) is 16.6 Å². The van der Waals surface area contributed by atoms with Crippen LogP contribution in [0.1, 0.15) is 5.56 Å². The molecule has 0 atom stereocenters. The van der Waals surface area contributed by atoms with Crippen molar-refractivity contribution in [1.82, 2.24) is 14.5 Å². The van der Waals surface area contributed by atoms with E-state index < -0.39 is 15.8 Å². The minimum absolute atomic E-state index is 0.0651. The number of nitrogens with zero attached hydrogens (tertiary/aromatic N) is 2. The summed E-state index contributed by atoms with van der Waals surface area (Å²) in [7, 11) is -2.38. The van der Waals surface area contributed by atoms with Crippen molar-refractivity contribution in [2.75, 3.05) is 12.8 Å². The highest BCUT2D eigenvalue weighted by Crippen LogP contribution is 2.20. The molecule has 0 bridgehead atoms. The van der Waals surface area contributed by atoms with Crippen LogP contribution in [0.15, 0.2) is 35.5 Å². The van der Waals surface area contributed by atoms with E-state index in [4.69, 9.17) is 5.73 Å². The number of H-pyrrole nitrogens is 1. The highest BCUT2D eigenvalue weighted by atomic mass is 32.2. The number of anilines is 1. The van der Waals surface area contributed by atoms with E-state index in [1.165, 1.54) is 19.3 Å². The molecule has 2 aromatic rings. The molecule has 8 heteroatoms. The quantitative estimate of drug-likeness (QED) is 0.818. The van der Waals surface area contributed by atoms with Gasteiger partial charge in [-0.3, -0.25) is 5.10 Å². The predicted octanol–water partition coefficient (Wildman–Crippen LogP) is 0.952. The first-order valence-electron chi connectivity index (χ1n) is 5.39. The van der Waals surface area contributed by atoms with Gasteiger partial charge in [-0.25, -0.2) is 12.8 Å². The second-order valence-corrected chi connectivity index (χ2v) is 6.13. The molecule has 0 aliphatic heterocycles. The molecule has 1 aromatic heterocycles. The second kappa shape index (κ2) is 4.98.